The van der Waals surface area contributed by atoms with Gasteiger partial charge in [0.2, 0.25) is 0 Å². The number of thioether (sulfide) groups is 1. The number of amides is 1. The van der Waals surface area contributed by atoms with Crippen molar-refractivity contribution < 1.29 is 13.2 Å². The van der Waals surface area contributed by atoms with Crippen LogP contribution < -0.4 is 5.56 Å². The number of nitrogens with zero attached hydrogens (tertiary/aromatic N) is 3. The minimum Gasteiger partial charge on any atom is -0.289 e. The molecule has 1 amide bonds. The van der Waals surface area contributed by atoms with Crippen LogP contribution >= 0.6 is 47.3 Å². The zero-order chi connectivity index (χ0) is 24.0. The SMILES string of the molecule is O=C1C(=Cc2c(Sc3ccc(Cl)cc3)nc3ccccn3c2=O)SC(=S)N1C1CCS(=O)(=O)C1. The molecule has 1 atom stereocenters. The Kier molecular flexibility index (Phi) is 6.32. The lowest BCUT2D eigenvalue weighted by Crippen LogP contribution is -2.39. The minimum absolute atomic E-state index is 0.0333. The maximum absolute atomic E-state index is 13.4. The fourth-order valence-electron chi connectivity index (χ4n) is 3.80. The number of halogens is 1. The normalized spacial score (nSPS) is 21.1. The van der Waals surface area contributed by atoms with Gasteiger partial charge in [0.1, 0.15) is 15.0 Å². The van der Waals surface area contributed by atoms with E-state index in [1.807, 2.05) is 12.1 Å². The molecule has 0 saturated carbocycles. The summed E-state index contributed by atoms with van der Waals surface area (Å²) in [5, 5.41) is 1.03. The van der Waals surface area contributed by atoms with Crippen LogP contribution in [0.5, 0.6) is 0 Å². The van der Waals surface area contributed by atoms with Crippen molar-refractivity contribution in [3.05, 3.63) is 74.5 Å². The first kappa shape index (κ1) is 23.6. The third kappa shape index (κ3) is 4.55. The van der Waals surface area contributed by atoms with Gasteiger partial charge in [-0.1, -0.05) is 53.4 Å². The Bertz CT molecular complexity index is 1530. The Morgan fingerprint density at radius 1 is 1.18 bits per heavy atom. The summed E-state index contributed by atoms with van der Waals surface area (Å²) in [4.78, 5) is 33.7. The second-order valence-corrected chi connectivity index (χ2v) is 13.1. The smallest absolute Gasteiger partial charge is 0.266 e. The highest BCUT2D eigenvalue weighted by atomic mass is 35.5. The minimum atomic E-state index is -3.19. The Morgan fingerprint density at radius 3 is 2.65 bits per heavy atom. The van der Waals surface area contributed by atoms with E-state index >= 15 is 0 Å². The second-order valence-electron chi connectivity index (χ2n) is 7.73. The number of benzene rings is 1. The van der Waals surface area contributed by atoms with Crippen molar-refractivity contribution in [3.8, 4) is 0 Å². The van der Waals surface area contributed by atoms with Gasteiger partial charge in [0.05, 0.1) is 28.0 Å². The van der Waals surface area contributed by atoms with Crippen molar-refractivity contribution in [1.82, 2.24) is 14.3 Å². The van der Waals surface area contributed by atoms with Crippen molar-refractivity contribution in [1.29, 1.82) is 0 Å². The number of aromatic nitrogens is 2. The molecule has 0 spiro atoms. The van der Waals surface area contributed by atoms with Gasteiger partial charge >= 0.3 is 0 Å². The molecule has 4 heterocycles. The van der Waals surface area contributed by atoms with Crippen LogP contribution in [0.15, 0.2) is 68.3 Å². The number of hydrogen-bond donors (Lipinski definition) is 0. The Morgan fingerprint density at radius 2 is 1.94 bits per heavy atom. The zero-order valence-electron chi connectivity index (χ0n) is 17.4. The van der Waals surface area contributed by atoms with Crippen molar-refractivity contribution in [3.63, 3.8) is 0 Å². The van der Waals surface area contributed by atoms with Crippen LogP contribution in [0.25, 0.3) is 11.7 Å². The molecule has 0 bridgehead atoms. The van der Waals surface area contributed by atoms with E-state index in [0.29, 0.717) is 26.4 Å². The summed E-state index contributed by atoms with van der Waals surface area (Å²) < 4.78 is 25.6. The number of carbonyl (C=O) groups excluding carboxylic acids is 1. The molecule has 1 aromatic carbocycles. The number of rotatable bonds is 4. The first-order chi connectivity index (χ1) is 16.2. The summed E-state index contributed by atoms with van der Waals surface area (Å²) in [6, 6.07) is 11.9. The number of carbonyl (C=O) groups is 1. The molecule has 12 heteroatoms. The van der Waals surface area contributed by atoms with E-state index in [-0.39, 0.29) is 27.5 Å². The third-order valence-corrected chi connectivity index (χ3v) is 9.78. The highest BCUT2D eigenvalue weighted by molar-refractivity contribution is 8.26. The highest BCUT2D eigenvalue weighted by Crippen LogP contribution is 2.37. The maximum atomic E-state index is 13.4. The van der Waals surface area contributed by atoms with E-state index in [1.54, 1.807) is 36.5 Å². The van der Waals surface area contributed by atoms with Gasteiger partial charge < -0.3 is 0 Å². The van der Waals surface area contributed by atoms with Gasteiger partial charge in [0.15, 0.2) is 9.84 Å². The summed E-state index contributed by atoms with van der Waals surface area (Å²) in [7, 11) is -3.19. The monoisotopic (exact) mass is 549 g/mol. The van der Waals surface area contributed by atoms with E-state index in [9.17, 15) is 18.0 Å². The Balaban J connectivity index is 1.58. The van der Waals surface area contributed by atoms with Crippen LogP contribution in [0.2, 0.25) is 5.02 Å². The molecule has 0 radical (unpaired) electrons. The van der Waals surface area contributed by atoms with Crippen molar-refractivity contribution in [2.75, 3.05) is 11.5 Å². The zero-order valence-corrected chi connectivity index (χ0v) is 21.4. The first-order valence-electron chi connectivity index (χ1n) is 10.1. The lowest BCUT2D eigenvalue weighted by molar-refractivity contribution is -0.123. The number of sulfone groups is 1. The summed E-state index contributed by atoms with van der Waals surface area (Å²) in [6.07, 6.45) is 3.48. The van der Waals surface area contributed by atoms with E-state index in [2.05, 4.69) is 4.98 Å². The molecule has 3 aromatic rings. The molecule has 7 nitrogen and oxygen atoms in total. The number of thiocarbonyl (C=S) groups is 1. The van der Waals surface area contributed by atoms with Crippen LogP contribution in [0, 0.1) is 0 Å². The van der Waals surface area contributed by atoms with Gasteiger partial charge in [0.25, 0.3) is 11.5 Å². The average molecular weight is 550 g/mol. The summed E-state index contributed by atoms with van der Waals surface area (Å²) in [5.41, 5.74) is 0.406. The van der Waals surface area contributed by atoms with Crippen LogP contribution in [-0.4, -0.2) is 50.5 Å². The third-order valence-electron chi connectivity index (χ3n) is 5.43. The lowest BCUT2D eigenvalue weighted by Gasteiger charge is -2.20. The second kappa shape index (κ2) is 9.12. The fourth-order valence-corrected chi connectivity index (χ4v) is 7.90. The van der Waals surface area contributed by atoms with Crippen LogP contribution in [0.3, 0.4) is 0 Å². The van der Waals surface area contributed by atoms with Gasteiger partial charge in [-0.2, -0.15) is 0 Å². The van der Waals surface area contributed by atoms with Crippen molar-refractivity contribution >= 4 is 79.1 Å². The molecule has 34 heavy (non-hydrogen) atoms. The average Bonchev–Trinajstić information content (AvgIpc) is 3.29. The van der Waals surface area contributed by atoms with E-state index < -0.39 is 21.8 Å². The van der Waals surface area contributed by atoms with Gasteiger partial charge in [-0.15, -0.1) is 0 Å². The van der Waals surface area contributed by atoms with Crippen molar-refractivity contribution in [2.45, 2.75) is 22.4 Å². The molecule has 0 aliphatic carbocycles. The van der Waals surface area contributed by atoms with Crippen LogP contribution in [0.4, 0.5) is 0 Å². The molecular formula is C22H16ClN3O4S4. The van der Waals surface area contributed by atoms with Gasteiger partial charge in [-0.3, -0.25) is 18.9 Å². The van der Waals surface area contributed by atoms with Crippen molar-refractivity contribution in [2.24, 2.45) is 0 Å². The van der Waals surface area contributed by atoms with E-state index in [0.717, 1.165) is 16.7 Å². The molecule has 1 unspecified atom stereocenters. The Labute approximate surface area is 214 Å². The molecule has 2 saturated heterocycles. The molecule has 2 aliphatic rings. The number of pyridine rings is 1. The molecule has 5 rings (SSSR count). The highest BCUT2D eigenvalue weighted by Gasteiger charge is 2.42. The van der Waals surface area contributed by atoms with Crippen LogP contribution in [-0.2, 0) is 14.6 Å². The summed E-state index contributed by atoms with van der Waals surface area (Å²) in [6.45, 7) is 0. The Hall–Kier alpha value is -2.18. The van der Waals surface area contributed by atoms with Gasteiger partial charge in [-0.05, 0) is 48.9 Å². The predicted octanol–water partition coefficient (Wildman–Crippen LogP) is 3.89. The largest absolute Gasteiger partial charge is 0.289 e. The summed E-state index contributed by atoms with van der Waals surface area (Å²) >= 11 is 13.7. The first-order valence-corrected chi connectivity index (χ1v) is 14.4. The molecular weight excluding hydrogens is 534 g/mol. The molecule has 2 aliphatic heterocycles. The molecule has 2 aromatic heterocycles. The van der Waals surface area contributed by atoms with Crippen LogP contribution in [0.1, 0.15) is 12.0 Å². The lowest BCUT2D eigenvalue weighted by atomic mass is 10.2. The summed E-state index contributed by atoms with van der Waals surface area (Å²) in [5.74, 6) is -0.465. The van der Waals surface area contributed by atoms with Gasteiger partial charge in [-0.25, -0.2) is 13.4 Å². The molecule has 2 fully saturated rings. The fraction of sp³-hybridized carbons (Fsp3) is 0.182. The number of hydrogen-bond acceptors (Lipinski definition) is 8. The van der Waals surface area contributed by atoms with E-state index in [4.69, 9.17) is 23.8 Å². The number of fused-ring (bicyclic) bond motifs is 1. The maximum Gasteiger partial charge on any atom is 0.266 e. The van der Waals surface area contributed by atoms with Gasteiger partial charge in [0, 0.05) is 16.1 Å². The standard InChI is InChI=1S/C22H16ClN3O4S4/c23-13-4-6-15(7-5-13)32-19-16(20(27)25-9-2-1-3-18(25)24-19)11-17-21(28)26(22(31)33-17)14-8-10-34(29,30)12-14/h1-7,9,11,14H,8,10,12H2. The van der Waals surface area contributed by atoms with E-state index in [1.165, 1.54) is 27.1 Å². The predicted molar refractivity (Wildman–Crippen MR) is 139 cm³/mol. The topological polar surface area (TPSA) is 88.8 Å². The quantitative estimate of drug-likeness (QED) is 0.275. The molecule has 174 valence electrons. The molecule has 0 N–H and O–H groups in total.